The fourth-order valence-corrected chi connectivity index (χ4v) is 4.21. The van der Waals surface area contributed by atoms with Crippen LogP contribution in [0.25, 0.3) is 0 Å². The average molecular weight is 378 g/mol. The second-order valence-electron chi connectivity index (χ2n) is 7.38. The van der Waals surface area contributed by atoms with E-state index in [-0.39, 0.29) is 23.9 Å². The molecule has 2 aliphatic heterocycles. The number of phenolic OH excluding ortho intramolecular Hbond substituents is 1. The molecule has 2 aliphatic rings. The number of fused-ring (bicyclic) bond motifs is 2. The molecule has 2 bridgehead atoms. The number of alkyl halides is 3. The van der Waals surface area contributed by atoms with Crippen molar-refractivity contribution in [3.8, 4) is 11.5 Å². The summed E-state index contributed by atoms with van der Waals surface area (Å²) < 4.78 is 44.3. The van der Waals surface area contributed by atoms with Gasteiger partial charge in [0.1, 0.15) is 11.9 Å². The quantitative estimate of drug-likeness (QED) is 0.841. The van der Waals surface area contributed by atoms with Crippen molar-refractivity contribution >= 4 is 5.82 Å². The number of benzene rings is 1. The Morgan fingerprint density at radius 3 is 2.37 bits per heavy atom. The highest BCUT2D eigenvalue weighted by Gasteiger charge is 2.42. The van der Waals surface area contributed by atoms with E-state index in [4.69, 9.17) is 4.74 Å². The lowest BCUT2D eigenvalue weighted by Crippen LogP contribution is -2.46. The van der Waals surface area contributed by atoms with E-state index in [0.717, 1.165) is 43.5 Å². The highest BCUT2D eigenvalue weighted by atomic mass is 19.4. The molecule has 1 aromatic carbocycles. The number of hydrogen-bond acceptors (Lipinski definition) is 4. The number of pyridine rings is 1. The average Bonchev–Trinajstić information content (AvgIpc) is 2.87. The molecule has 4 rings (SSSR count). The van der Waals surface area contributed by atoms with Crippen molar-refractivity contribution in [1.82, 2.24) is 4.98 Å². The van der Waals surface area contributed by atoms with Gasteiger partial charge < -0.3 is 14.7 Å². The maximum absolute atomic E-state index is 12.8. The Bertz CT molecular complexity index is 809. The third-order valence-corrected chi connectivity index (χ3v) is 5.44. The van der Waals surface area contributed by atoms with Gasteiger partial charge >= 0.3 is 6.18 Å². The third-order valence-electron chi connectivity index (χ3n) is 5.44. The molecule has 3 atom stereocenters. The minimum Gasteiger partial charge on any atom is -0.504 e. The fraction of sp³-hybridized carbons (Fsp3) is 0.450. The Balaban J connectivity index is 1.47. The lowest BCUT2D eigenvalue weighted by atomic mass is 9.99. The molecule has 3 heterocycles. The topological polar surface area (TPSA) is 45.6 Å². The summed E-state index contributed by atoms with van der Waals surface area (Å²) in [6, 6.07) is 8.26. The smallest absolute Gasteiger partial charge is 0.417 e. The van der Waals surface area contributed by atoms with E-state index in [1.54, 1.807) is 12.1 Å². The molecular weight excluding hydrogens is 357 g/mol. The third kappa shape index (κ3) is 3.55. The molecule has 0 radical (unpaired) electrons. The number of halogens is 3. The Morgan fingerprint density at radius 2 is 1.81 bits per heavy atom. The second-order valence-corrected chi connectivity index (χ2v) is 7.38. The molecular formula is C20H21F3N2O2. The summed E-state index contributed by atoms with van der Waals surface area (Å²) in [6.07, 6.45) is -0.0516. The van der Waals surface area contributed by atoms with Crippen LogP contribution in [0.3, 0.4) is 0 Å². The minimum absolute atomic E-state index is 0.0261. The van der Waals surface area contributed by atoms with Gasteiger partial charge in [-0.3, -0.25) is 0 Å². The standard InChI is InChI=1S/C20H21F3N2O2/c1-12-2-6-18(17(26)8-12)27-16-9-14-4-5-15(10-16)25(14)19-7-3-13(11-24-19)20(21,22)23/h2-3,6-8,11,14-16,26H,4-5,9-10H2,1H3/t14-,15+,16+. The van der Waals surface area contributed by atoms with Crippen LogP contribution in [0.5, 0.6) is 11.5 Å². The molecule has 0 spiro atoms. The van der Waals surface area contributed by atoms with Gasteiger partial charge in [0.15, 0.2) is 11.5 Å². The number of aryl methyl sites for hydroxylation is 1. The van der Waals surface area contributed by atoms with E-state index in [9.17, 15) is 18.3 Å². The van der Waals surface area contributed by atoms with Crippen molar-refractivity contribution in [2.24, 2.45) is 0 Å². The lowest BCUT2D eigenvalue weighted by Gasteiger charge is -2.39. The predicted octanol–water partition coefficient (Wildman–Crippen LogP) is 4.69. The van der Waals surface area contributed by atoms with Crippen molar-refractivity contribution < 1.29 is 23.0 Å². The number of phenols is 1. The molecule has 0 aliphatic carbocycles. The summed E-state index contributed by atoms with van der Waals surface area (Å²) in [6.45, 7) is 1.90. The zero-order valence-electron chi connectivity index (χ0n) is 14.9. The number of hydrogen-bond donors (Lipinski definition) is 1. The summed E-state index contributed by atoms with van der Waals surface area (Å²) in [5, 5.41) is 10.1. The first-order chi connectivity index (χ1) is 12.8. The molecule has 1 aromatic heterocycles. The maximum Gasteiger partial charge on any atom is 0.417 e. The summed E-state index contributed by atoms with van der Waals surface area (Å²) in [4.78, 5) is 6.20. The van der Waals surface area contributed by atoms with E-state index in [0.29, 0.717) is 11.6 Å². The van der Waals surface area contributed by atoms with Gasteiger partial charge in [0, 0.05) is 31.1 Å². The van der Waals surface area contributed by atoms with Crippen LogP contribution < -0.4 is 9.64 Å². The van der Waals surface area contributed by atoms with E-state index >= 15 is 0 Å². The number of piperidine rings is 1. The predicted molar refractivity (Wildman–Crippen MR) is 95.0 cm³/mol. The van der Waals surface area contributed by atoms with E-state index in [1.165, 1.54) is 6.07 Å². The lowest BCUT2D eigenvalue weighted by molar-refractivity contribution is -0.137. The van der Waals surface area contributed by atoms with Gasteiger partial charge in [-0.25, -0.2) is 4.98 Å². The summed E-state index contributed by atoms with van der Waals surface area (Å²) in [5.41, 5.74) is 0.231. The molecule has 27 heavy (non-hydrogen) atoms. The van der Waals surface area contributed by atoms with Crippen LogP contribution in [0.15, 0.2) is 36.5 Å². The number of rotatable bonds is 3. The summed E-state index contributed by atoms with van der Waals surface area (Å²) in [7, 11) is 0. The van der Waals surface area contributed by atoms with Crippen LogP contribution in [-0.4, -0.2) is 28.3 Å². The number of nitrogens with zero attached hydrogens (tertiary/aromatic N) is 2. The molecule has 144 valence electrons. The Kier molecular flexibility index (Phi) is 4.40. The first-order valence-electron chi connectivity index (χ1n) is 9.09. The van der Waals surface area contributed by atoms with Gasteiger partial charge in [0.05, 0.1) is 5.56 Å². The number of aromatic nitrogens is 1. The van der Waals surface area contributed by atoms with Gasteiger partial charge in [-0.2, -0.15) is 13.2 Å². The molecule has 2 saturated heterocycles. The molecule has 4 nitrogen and oxygen atoms in total. The highest BCUT2D eigenvalue weighted by Crippen LogP contribution is 2.41. The van der Waals surface area contributed by atoms with Crippen molar-refractivity contribution in [1.29, 1.82) is 0 Å². The van der Waals surface area contributed by atoms with Crippen LogP contribution in [0.4, 0.5) is 19.0 Å². The van der Waals surface area contributed by atoms with Crippen molar-refractivity contribution in [3.05, 3.63) is 47.7 Å². The molecule has 0 saturated carbocycles. The van der Waals surface area contributed by atoms with E-state index in [2.05, 4.69) is 9.88 Å². The van der Waals surface area contributed by atoms with Gasteiger partial charge in [-0.05, 0) is 49.6 Å². The van der Waals surface area contributed by atoms with Crippen molar-refractivity contribution in [2.75, 3.05) is 4.90 Å². The Morgan fingerprint density at radius 1 is 1.11 bits per heavy atom. The van der Waals surface area contributed by atoms with Gasteiger partial charge in [-0.1, -0.05) is 6.07 Å². The van der Waals surface area contributed by atoms with Crippen LogP contribution in [0.2, 0.25) is 0 Å². The first-order valence-corrected chi connectivity index (χ1v) is 9.09. The number of aromatic hydroxyl groups is 1. The number of anilines is 1. The Labute approximate surface area is 155 Å². The molecule has 1 N–H and O–H groups in total. The SMILES string of the molecule is Cc1ccc(O[C@H]2C[C@H]3CC[C@@H](C2)N3c2ccc(C(F)(F)F)cn2)c(O)c1. The Hall–Kier alpha value is -2.44. The monoisotopic (exact) mass is 378 g/mol. The number of ether oxygens (including phenoxy) is 1. The fourth-order valence-electron chi connectivity index (χ4n) is 4.21. The van der Waals surface area contributed by atoms with Crippen LogP contribution in [0.1, 0.15) is 36.8 Å². The highest BCUT2D eigenvalue weighted by molar-refractivity contribution is 5.45. The van der Waals surface area contributed by atoms with Crippen molar-refractivity contribution in [3.63, 3.8) is 0 Å². The van der Waals surface area contributed by atoms with Crippen molar-refractivity contribution in [2.45, 2.75) is 57.0 Å². The van der Waals surface area contributed by atoms with Gasteiger partial charge in [0.25, 0.3) is 0 Å². The van der Waals surface area contributed by atoms with Crippen LogP contribution in [-0.2, 0) is 6.18 Å². The first kappa shape index (κ1) is 17.9. The van der Waals surface area contributed by atoms with Gasteiger partial charge in [-0.15, -0.1) is 0 Å². The van der Waals surface area contributed by atoms with Crippen LogP contribution >= 0.6 is 0 Å². The summed E-state index contributed by atoms with van der Waals surface area (Å²) in [5.74, 6) is 1.20. The normalized spacial score (nSPS) is 24.9. The van der Waals surface area contributed by atoms with E-state index in [1.807, 2.05) is 13.0 Å². The largest absolute Gasteiger partial charge is 0.504 e. The summed E-state index contributed by atoms with van der Waals surface area (Å²) >= 11 is 0. The molecule has 2 fully saturated rings. The maximum atomic E-state index is 12.8. The molecule has 2 aromatic rings. The molecule has 0 amide bonds. The van der Waals surface area contributed by atoms with Crippen LogP contribution in [0, 0.1) is 6.92 Å². The minimum atomic E-state index is -4.37. The second kappa shape index (κ2) is 6.62. The zero-order valence-corrected chi connectivity index (χ0v) is 14.9. The van der Waals surface area contributed by atoms with E-state index < -0.39 is 11.7 Å². The molecule has 7 heteroatoms. The van der Waals surface area contributed by atoms with Gasteiger partial charge in [0.2, 0.25) is 0 Å². The molecule has 0 unspecified atom stereocenters. The zero-order chi connectivity index (χ0) is 19.2.